The molecule has 1 heterocycles. The molecular formula is C11H16N2OS. The summed E-state index contributed by atoms with van der Waals surface area (Å²) in [5.41, 5.74) is 6.41. The van der Waals surface area contributed by atoms with E-state index in [1.807, 2.05) is 6.92 Å². The molecule has 15 heavy (non-hydrogen) atoms. The quantitative estimate of drug-likeness (QED) is 0.837. The van der Waals surface area contributed by atoms with Gasteiger partial charge < -0.3 is 5.73 Å². The lowest BCUT2D eigenvalue weighted by atomic mass is 9.82. The van der Waals surface area contributed by atoms with E-state index in [-0.39, 0.29) is 11.8 Å². The Morgan fingerprint density at radius 2 is 2.13 bits per heavy atom. The Morgan fingerprint density at radius 3 is 2.60 bits per heavy atom. The van der Waals surface area contributed by atoms with Crippen LogP contribution >= 0.6 is 11.3 Å². The maximum Gasteiger partial charge on any atom is 0.220 e. The Morgan fingerprint density at radius 1 is 1.47 bits per heavy atom. The number of aromatic nitrogens is 1. The molecule has 3 nitrogen and oxygen atoms in total. The Bertz CT molecular complexity index is 353. The number of nitrogens with two attached hydrogens (primary N) is 1. The largest absolute Gasteiger partial charge is 0.369 e. The van der Waals surface area contributed by atoms with Crippen molar-refractivity contribution in [2.75, 3.05) is 0 Å². The van der Waals surface area contributed by atoms with Gasteiger partial charge in [-0.25, -0.2) is 4.98 Å². The van der Waals surface area contributed by atoms with Crippen LogP contribution in [0.2, 0.25) is 0 Å². The molecule has 0 aromatic carbocycles. The van der Waals surface area contributed by atoms with Crippen LogP contribution in [0.1, 0.15) is 42.3 Å². The van der Waals surface area contributed by atoms with Crippen molar-refractivity contribution in [3.63, 3.8) is 0 Å². The summed E-state index contributed by atoms with van der Waals surface area (Å²) in [7, 11) is 0. The Hall–Kier alpha value is -0.900. The second-order valence-corrected chi connectivity index (χ2v) is 5.17. The molecule has 1 fully saturated rings. The van der Waals surface area contributed by atoms with Gasteiger partial charge in [0.25, 0.3) is 0 Å². The molecule has 0 atom stereocenters. The van der Waals surface area contributed by atoms with Gasteiger partial charge in [-0.1, -0.05) is 0 Å². The molecule has 2 N–H and O–H groups in total. The highest BCUT2D eigenvalue weighted by Gasteiger charge is 2.26. The summed E-state index contributed by atoms with van der Waals surface area (Å²) in [5.74, 6) is 0.519. The van der Waals surface area contributed by atoms with E-state index >= 15 is 0 Å². The minimum Gasteiger partial charge on any atom is -0.369 e. The molecule has 1 aromatic heterocycles. The van der Waals surface area contributed by atoms with Crippen molar-refractivity contribution in [2.24, 2.45) is 11.7 Å². The van der Waals surface area contributed by atoms with Gasteiger partial charge in [-0.2, -0.15) is 0 Å². The van der Waals surface area contributed by atoms with Gasteiger partial charge in [0.05, 0.1) is 5.01 Å². The van der Waals surface area contributed by atoms with E-state index in [9.17, 15) is 4.79 Å². The van der Waals surface area contributed by atoms with Gasteiger partial charge in [-0.05, 0) is 32.6 Å². The molecule has 4 heteroatoms. The van der Waals surface area contributed by atoms with Gasteiger partial charge in [-0.3, -0.25) is 4.79 Å². The topological polar surface area (TPSA) is 56.0 Å². The van der Waals surface area contributed by atoms with Crippen LogP contribution in [-0.4, -0.2) is 10.9 Å². The van der Waals surface area contributed by atoms with E-state index in [4.69, 9.17) is 5.73 Å². The van der Waals surface area contributed by atoms with E-state index in [0.717, 1.165) is 31.4 Å². The summed E-state index contributed by atoms with van der Waals surface area (Å²) in [5, 5.41) is 3.32. The number of thiazole rings is 1. The lowest BCUT2D eigenvalue weighted by Gasteiger charge is -2.24. The third kappa shape index (κ3) is 2.37. The number of hydrogen-bond donors (Lipinski definition) is 1. The van der Waals surface area contributed by atoms with Crippen LogP contribution in [-0.2, 0) is 4.79 Å². The van der Waals surface area contributed by atoms with Crippen molar-refractivity contribution in [1.82, 2.24) is 4.98 Å². The maximum absolute atomic E-state index is 11.0. The third-order valence-electron chi connectivity index (χ3n) is 3.12. The molecular weight excluding hydrogens is 208 g/mol. The Labute approximate surface area is 93.7 Å². The minimum atomic E-state index is -0.135. The molecule has 1 aliphatic rings. The predicted molar refractivity (Wildman–Crippen MR) is 60.7 cm³/mol. The van der Waals surface area contributed by atoms with E-state index in [1.54, 1.807) is 11.3 Å². The summed E-state index contributed by atoms with van der Waals surface area (Å²) < 4.78 is 0. The van der Waals surface area contributed by atoms with E-state index < -0.39 is 0 Å². The van der Waals surface area contributed by atoms with Crippen LogP contribution in [0.5, 0.6) is 0 Å². The van der Waals surface area contributed by atoms with Crippen molar-refractivity contribution in [1.29, 1.82) is 0 Å². The zero-order chi connectivity index (χ0) is 10.8. The highest BCUT2D eigenvalue weighted by Crippen LogP contribution is 2.36. The molecule has 1 amide bonds. The maximum atomic E-state index is 11.0. The first-order valence-corrected chi connectivity index (χ1v) is 6.26. The molecule has 0 bridgehead atoms. The highest BCUT2D eigenvalue weighted by atomic mass is 32.1. The molecule has 0 saturated heterocycles. The van der Waals surface area contributed by atoms with Gasteiger partial charge in [0.15, 0.2) is 0 Å². The van der Waals surface area contributed by atoms with Gasteiger partial charge in [0.2, 0.25) is 5.91 Å². The van der Waals surface area contributed by atoms with E-state index in [2.05, 4.69) is 10.4 Å². The fraction of sp³-hybridized carbons (Fsp3) is 0.636. The zero-order valence-corrected chi connectivity index (χ0v) is 9.72. The molecule has 0 radical (unpaired) electrons. The third-order valence-corrected chi connectivity index (χ3v) is 4.24. The number of primary amides is 1. The van der Waals surface area contributed by atoms with Crippen LogP contribution in [0.25, 0.3) is 0 Å². The molecule has 1 aliphatic carbocycles. The monoisotopic (exact) mass is 224 g/mol. The number of nitrogens with zero attached hydrogens (tertiary/aromatic N) is 1. The van der Waals surface area contributed by atoms with Crippen LogP contribution in [0.4, 0.5) is 0 Å². The molecule has 1 aromatic rings. The zero-order valence-electron chi connectivity index (χ0n) is 8.90. The van der Waals surface area contributed by atoms with Crippen molar-refractivity contribution >= 4 is 17.2 Å². The van der Waals surface area contributed by atoms with Gasteiger partial charge in [0.1, 0.15) is 0 Å². The number of aryl methyl sites for hydroxylation is 1. The molecule has 2 rings (SSSR count). The summed E-state index contributed by atoms with van der Waals surface area (Å²) in [6, 6.07) is 0. The summed E-state index contributed by atoms with van der Waals surface area (Å²) in [4.78, 5) is 15.5. The summed E-state index contributed by atoms with van der Waals surface area (Å²) in [6.45, 7) is 2.02. The van der Waals surface area contributed by atoms with Crippen LogP contribution in [0.3, 0.4) is 0 Å². The van der Waals surface area contributed by atoms with Crippen LogP contribution in [0, 0.1) is 12.8 Å². The first-order valence-electron chi connectivity index (χ1n) is 5.38. The number of rotatable bonds is 2. The molecule has 0 unspecified atom stereocenters. The smallest absolute Gasteiger partial charge is 0.220 e. The van der Waals surface area contributed by atoms with Crippen molar-refractivity contribution in [3.05, 3.63) is 16.1 Å². The van der Waals surface area contributed by atoms with E-state index in [1.165, 1.54) is 5.01 Å². The number of amides is 1. The fourth-order valence-electron chi connectivity index (χ4n) is 2.18. The Kier molecular flexibility index (Phi) is 3.05. The average molecular weight is 224 g/mol. The normalized spacial score (nSPS) is 26.5. The van der Waals surface area contributed by atoms with Gasteiger partial charge >= 0.3 is 0 Å². The predicted octanol–water partition coefficient (Wildman–Crippen LogP) is 2.21. The first-order chi connectivity index (χ1) is 7.16. The van der Waals surface area contributed by atoms with Gasteiger partial charge in [-0.15, -0.1) is 11.3 Å². The molecule has 1 saturated carbocycles. The van der Waals surface area contributed by atoms with Crippen molar-refractivity contribution < 1.29 is 4.79 Å². The highest BCUT2D eigenvalue weighted by molar-refractivity contribution is 7.09. The molecule has 0 spiro atoms. The second kappa shape index (κ2) is 4.31. The SMILES string of the molecule is Cc1csc(C2CCC(C(N)=O)CC2)n1. The second-order valence-electron chi connectivity index (χ2n) is 4.28. The Balaban J connectivity index is 1.96. The average Bonchev–Trinajstić information content (AvgIpc) is 2.65. The molecule has 82 valence electrons. The van der Waals surface area contributed by atoms with Crippen LogP contribution < -0.4 is 5.73 Å². The lowest BCUT2D eigenvalue weighted by molar-refractivity contribution is -0.122. The number of hydrogen-bond acceptors (Lipinski definition) is 3. The van der Waals surface area contributed by atoms with E-state index in [0.29, 0.717) is 5.92 Å². The molecule has 0 aliphatic heterocycles. The number of carbonyl (C=O) groups is 1. The number of carbonyl (C=O) groups excluding carboxylic acids is 1. The summed E-state index contributed by atoms with van der Waals surface area (Å²) in [6.07, 6.45) is 3.97. The first kappa shape index (κ1) is 10.6. The van der Waals surface area contributed by atoms with Crippen molar-refractivity contribution in [3.8, 4) is 0 Å². The van der Waals surface area contributed by atoms with Crippen molar-refractivity contribution in [2.45, 2.75) is 38.5 Å². The minimum absolute atomic E-state index is 0.0994. The lowest BCUT2D eigenvalue weighted by Crippen LogP contribution is -2.27. The fourth-order valence-corrected chi connectivity index (χ4v) is 3.15. The summed E-state index contributed by atoms with van der Waals surface area (Å²) >= 11 is 1.74. The van der Waals surface area contributed by atoms with Crippen LogP contribution in [0.15, 0.2) is 5.38 Å². The standard InChI is InChI=1S/C11H16N2OS/c1-7-6-15-11(13-7)9-4-2-8(3-5-9)10(12)14/h6,8-9H,2-5H2,1H3,(H2,12,14). The van der Waals surface area contributed by atoms with Gasteiger partial charge in [0, 0.05) is 22.9 Å².